The van der Waals surface area contributed by atoms with Gasteiger partial charge in [0, 0.05) is 22.6 Å². The average Bonchev–Trinajstić information content (AvgIpc) is 2.07. The first-order valence-electron chi connectivity index (χ1n) is 4.39. The van der Waals surface area contributed by atoms with Crippen LogP contribution in [0.3, 0.4) is 0 Å². The van der Waals surface area contributed by atoms with Crippen LogP contribution in [-0.2, 0) is 0 Å². The summed E-state index contributed by atoms with van der Waals surface area (Å²) in [5.74, 6) is 0. The molecule has 1 aromatic carbocycles. The van der Waals surface area contributed by atoms with E-state index in [9.17, 15) is 0 Å². The van der Waals surface area contributed by atoms with E-state index in [0.717, 1.165) is 10.2 Å². The SMILES string of the molecule is CC(CC(N)=S)Nc1ccccc1Br. The number of hydrogen-bond acceptors (Lipinski definition) is 2. The number of para-hydroxylation sites is 1. The lowest BCUT2D eigenvalue weighted by Gasteiger charge is -2.15. The average molecular weight is 273 g/mol. The molecule has 3 N–H and O–H groups in total. The van der Waals surface area contributed by atoms with E-state index < -0.39 is 0 Å². The van der Waals surface area contributed by atoms with Gasteiger partial charge in [-0.2, -0.15) is 0 Å². The van der Waals surface area contributed by atoms with Crippen LogP contribution in [0.2, 0.25) is 0 Å². The van der Waals surface area contributed by atoms with Gasteiger partial charge in [-0.25, -0.2) is 0 Å². The van der Waals surface area contributed by atoms with Crippen molar-refractivity contribution in [1.82, 2.24) is 0 Å². The fourth-order valence-corrected chi connectivity index (χ4v) is 1.85. The Balaban J connectivity index is 2.60. The lowest BCUT2D eigenvalue weighted by molar-refractivity contribution is 0.839. The van der Waals surface area contributed by atoms with Crippen LogP contribution >= 0.6 is 28.1 Å². The molecule has 0 radical (unpaired) electrons. The van der Waals surface area contributed by atoms with Crippen molar-refractivity contribution in [3.63, 3.8) is 0 Å². The highest BCUT2D eigenvalue weighted by molar-refractivity contribution is 9.10. The zero-order chi connectivity index (χ0) is 10.6. The monoisotopic (exact) mass is 272 g/mol. The van der Waals surface area contributed by atoms with E-state index in [4.69, 9.17) is 18.0 Å². The van der Waals surface area contributed by atoms with Crippen LogP contribution in [0.5, 0.6) is 0 Å². The van der Waals surface area contributed by atoms with E-state index in [0.29, 0.717) is 11.4 Å². The Bertz CT molecular complexity index is 328. The Morgan fingerprint density at radius 1 is 1.57 bits per heavy atom. The Kier molecular flexibility index (Phi) is 4.35. The van der Waals surface area contributed by atoms with Gasteiger partial charge in [0.15, 0.2) is 0 Å². The van der Waals surface area contributed by atoms with Gasteiger partial charge < -0.3 is 11.1 Å². The molecule has 1 aromatic rings. The molecule has 4 heteroatoms. The fraction of sp³-hybridized carbons (Fsp3) is 0.300. The standard InChI is InChI=1S/C10H13BrN2S/c1-7(6-10(12)14)13-9-5-3-2-4-8(9)11/h2-5,7,13H,6H2,1H3,(H2,12,14). The lowest BCUT2D eigenvalue weighted by atomic mass is 10.2. The minimum absolute atomic E-state index is 0.256. The smallest absolute Gasteiger partial charge is 0.0747 e. The van der Waals surface area contributed by atoms with Crippen LogP contribution in [0.4, 0.5) is 5.69 Å². The van der Waals surface area contributed by atoms with Gasteiger partial charge in [0.1, 0.15) is 0 Å². The highest BCUT2D eigenvalue weighted by Crippen LogP contribution is 2.22. The Morgan fingerprint density at radius 2 is 2.21 bits per heavy atom. The summed E-state index contributed by atoms with van der Waals surface area (Å²) in [6.45, 7) is 2.05. The van der Waals surface area contributed by atoms with Crippen LogP contribution in [-0.4, -0.2) is 11.0 Å². The molecule has 0 heterocycles. The van der Waals surface area contributed by atoms with Gasteiger partial charge in [0.2, 0.25) is 0 Å². The highest BCUT2D eigenvalue weighted by Gasteiger charge is 2.05. The Morgan fingerprint density at radius 3 is 2.79 bits per heavy atom. The molecule has 1 rings (SSSR count). The third kappa shape index (κ3) is 3.64. The summed E-state index contributed by atoms with van der Waals surface area (Å²) >= 11 is 8.31. The maximum atomic E-state index is 5.46. The van der Waals surface area contributed by atoms with E-state index in [1.54, 1.807) is 0 Å². The van der Waals surface area contributed by atoms with E-state index in [1.807, 2.05) is 24.3 Å². The van der Waals surface area contributed by atoms with Crippen molar-refractivity contribution in [3.05, 3.63) is 28.7 Å². The summed E-state index contributed by atoms with van der Waals surface area (Å²) in [5, 5.41) is 3.33. The second kappa shape index (κ2) is 5.32. The van der Waals surface area contributed by atoms with Crippen molar-refractivity contribution >= 4 is 38.8 Å². The predicted octanol–water partition coefficient (Wildman–Crippen LogP) is 2.93. The maximum Gasteiger partial charge on any atom is 0.0747 e. The van der Waals surface area contributed by atoms with E-state index in [-0.39, 0.29) is 6.04 Å². The summed E-state index contributed by atoms with van der Waals surface area (Å²) in [6, 6.07) is 8.23. The summed E-state index contributed by atoms with van der Waals surface area (Å²) in [5.41, 5.74) is 6.53. The molecule has 0 bridgehead atoms. The number of thiocarbonyl (C=S) groups is 1. The van der Waals surface area contributed by atoms with Gasteiger partial charge in [0.25, 0.3) is 0 Å². The van der Waals surface area contributed by atoms with E-state index in [2.05, 4.69) is 28.2 Å². The fourth-order valence-electron chi connectivity index (χ4n) is 1.20. The van der Waals surface area contributed by atoms with Gasteiger partial charge >= 0.3 is 0 Å². The molecular weight excluding hydrogens is 260 g/mol. The second-order valence-electron chi connectivity index (χ2n) is 3.20. The quantitative estimate of drug-likeness (QED) is 0.828. The van der Waals surface area contributed by atoms with Crippen LogP contribution in [0.1, 0.15) is 13.3 Å². The summed E-state index contributed by atoms with van der Waals surface area (Å²) in [6.07, 6.45) is 0.705. The molecule has 0 aliphatic heterocycles. The lowest BCUT2D eigenvalue weighted by Crippen LogP contribution is -2.22. The molecule has 14 heavy (non-hydrogen) atoms. The van der Waals surface area contributed by atoms with Crippen LogP contribution < -0.4 is 11.1 Å². The van der Waals surface area contributed by atoms with Gasteiger partial charge in [-0.1, -0.05) is 24.4 Å². The number of nitrogens with one attached hydrogen (secondary N) is 1. The van der Waals surface area contributed by atoms with Crippen LogP contribution in [0, 0.1) is 0 Å². The molecule has 0 aliphatic rings. The van der Waals surface area contributed by atoms with Crippen LogP contribution in [0.25, 0.3) is 0 Å². The van der Waals surface area contributed by atoms with Gasteiger partial charge in [-0.15, -0.1) is 0 Å². The molecule has 76 valence electrons. The van der Waals surface area contributed by atoms with Gasteiger partial charge in [-0.3, -0.25) is 0 Å². The van der Waals surface area contributed by atoms with Crippen LogP contribution in [0.15, 0.2) is 28.7 Å². The molecule has 0 saturated carbocycles. The number of anilines is 1. The molecular formula is C10H13BrN2S. The molecule has 0 spiro atoms. The highest BCUT2D eigenvalue weighted by atomic mass is 79.9. The normalized spacial score (nSPS) is 12.1. The van der Waals surface area contributed by atoms with Crippen molar-refractivity contribution < 1.29 is 0 Å². The summed E-state index contributed by atoms with van der Waals surface area (Å²) in [7, 11) is 0. The van der Waals surface area contributed by atoms with E-state index >= 15 is 0 Å². The van der Waals surface area contributed by atoms with Crippen molar-refractivity contribution in [1.29, 1.82) is 0 Å². The third-order valence-corrected chi connectivity index (χ3v) is 2.64. The zero-order valence-electron chi connectivity index (χ0n) is 7.96. The van der Waals surface area contributed by atoms with E-state index in [1.165, 1.54) is 0 Å². The minimum atomic E-state index is 0.256. The van der Waals surface area contributed by atoms with Gasteiger partial charge in [0.05, 0.1) is 4.99 Å². The van der Waals surface area contributed by atoms with Crippen molar-refractivity contribution in [2.45, 2.75) is 19.4 Å². The molecule has 0 fully saturated rings. The van der Waals surface area contributed by atoms with Crippen molar-refractivity contribution in [2.75, 3.05) is 5.32 Å². The van der Waals surface area contributed by atoms with Crippen molar-refractivity contribution in [3.8, 4) is 0 Å². The number of benzene rings is 1. The molecule has 2 nitrogen and oxygen atoms in total. The topological polar surface area (TPSA) is 38.0 Å². The Labute approximate surface area is 98.0 Å². The minimum Gasteiger partial charge on any atom is -0.393 e. The number of halogens is 1. The Hall–Kier alpha value is -0.610. The summed E-state index contributed by atoms with van der Waals surface area (Å²) in [4.78, 5) is 0.539. The maximum absolute atomic E-state index is 5.46. The third-order valence-electron chi connectivity index (χ3n) is 1.78. The first-order chi connectivity index (χ1) is 6.59. The molecule has 0 aliphatic carbocycles. The first-order valence-corrected chi connectivity index (χ1v) is 5.59. The number of nitrogens with two attached hydrogens (primary N) is 1. The predicted molar refractivity (Wildman–Crippen MR) is 68.6 cm³/mol. The molecule has 1 atom stereocenters. The van der Waals surface area contributed by atoms with Gasteiger partial charge in [-0.05, 0) is 35.0 Å². The summed E-state index contributed by atoms with van der Waals surface area (Å²) < 4.78 is 1.05. The second-order valence-corrected chi connectivity index (χ2v) is 4.57. The van der Waals surface area contributed by atoms with Crippen molar-refractivity contribution in [2.24, 2.45) is 5.73 Å². The first kappa shape index (κ1) is 11.5. The largest absolute Gasteiger partial charge is 0.393 e. The number of hydrogen-bond donors (Lipinski definition) is 2. The molecule has 1 unspecified atom stereocenters. The zero-order valence-corrected chi connectivity index (χ0v) is 10.4. The molecule has 0 amide bonds. The molecule has 0 aromatic heterocycles. The molecule has 0 saturated heterocycles. The number of rotatable bonds is 4.